The van der Waals surface area contributed by atoms with Gasteiger partial charge in [0.05, 0.1) is 6.61 Å². The van der Waals surface area contributed by atoms with Crippen LogP contribution in [0.3, 0.4) is 0 Å². The van der Waals surface area contributed by atoms with Crippen molar-refractivity contribution in [2.24, 2.45) is 5.73 Å². The highest BCUT2D eigenvalue weighted by atomic mass is 19.1. The Morgan fingerprint density at radius 1 is 1.11 bits per heavy atom. The van der Waals surface area contributed by atoms with Crippen molar-refractivity contribution in [2.75, 3.05) is 6.61 Å². The Labute approximate surface area is 109 Å². The van der Waals surface area contributed by atoms with Gasteiger partial charge in [0, 0.05) is 12.1 Å². The van der Waals surface area contributed by atoms with Crippen molar-refractivity contribution in [3.63, 3.8) is 0 Å². The molecule has 0 aliphatic carbocycles. The summed E-state index contributed by atoms with van der Waals surface area (Å²) < 4.78 is 19.0. The van der Waals surface area contributed by atoms with E-state index in [0.717, 1.165) is 18.4 Å². The van der Waals surface area contributed by atoms with Gasteiger partial charge < -0.3 is 10.5 Å². The number of ether oxygens (including phenoxy) is 1. The molecular weight excluding hydrogens is 229 g/mol. The van der Waals surface area contributed by atoms with Gasteiger partial charge in [-0.2, -0.15) is 0 Å². The fraction of sp³-hybridized carbons (Fsp3) is 0.600. The summed E-state index contributed by atoms with van der Waals surface area (Å²) in [6.07, 6.45) is 7.19. The molecule has 1 aromatic rings. The molecule has 0 bridgehead atoms. The third kappa shape index (κ3) is 5.05. The molecule has 0 fully saturated rings. The first kappa shape index (κ1) is 15.0. The highest BCUT2D eigenvalue weighted by Crippen LogP contribution is 2.22. The molecule has 0 aromatic heterocycles. The Balaban J connectivity index is 2.26. The molecule has 102 valence electrons. The molecule has 0 amide bonds. The van der Waals surface area contributed by atoms with Gasteiger partial charge in [0.25, 0.3) is 0 Å². The van der Waals surface area contributed by atoms with E-state index in [-0.39, 0.29) is 5.82 Å². The monoisotopic (exact) mass is 253 g/mol. The Kier molecular flexibility index (Phi) is 7.42. The molecule has 3 heteroatoms. The summed E-state index contributed by atoms with van der Waals surface area (Å²) in [6.45, 7) is 3.08. The third-order valence-corrected chi connectivity index (χ3v) is 3.01. The first-order valence-corrected chi connectivity index (χ1v) is 6.89. The van der Waals surface area contributed by atoms with Crippen molar-refractivity contribution in [1.82, 2.24) is 0 Å². The summed E-state index contributed by atoms with van der Waals surface area (Å²) in [5.41, 5.74) is 6.30. The van der Waals surface area contributed by atoms with Crippen LogP contribution in [-0.2, 0) is 6.54 Å². The Bertz CT molecular complexity index is 341. The molecule has 0 spiro atoms. The van der Waals surface area contributed by atoms with Gasteiger partial charge in [-0.05, 0) is 12.5 Å². The lowest BCUT2D eigenvalue weighted by Crippen LogP contribution is -2.05. The predicted octanol–water partition coefficient (Wildman–Crippen LogP) is 4.02. The molecule has 1 aromatic carbocycles. The lowest BCUT2D eigenvalue weighted by atomic mass is 10.1. The number of nitrogens with two attached hydrogens (primary N) is 1. The van der Waals surface area contributed by atoms with E-state index in [1.54, 1.807) is 12.1 Å². The van der Waals surface area contributed by atoms with Crippen LogP contribution in [0.2, 0.25) is 0 Å². The van der Waals surface area contributed by atoms with Crippen LogP contribution < -0.4 is 10.5 Å². The first-order chi connectivity index (χ1) is 8.79. The van der Waals surface area contributed by atoms with Gasteiger partial charge in [0.1, 0.15) is 0 Å². The second kappa shape index (κ2) is 8.92. The van der Waals surface area contributed by atoms with Crippen molar-refractivity contribution < 1.29 is 9.13 Å². The summed E-state index contributed by atoms with van der Waals surface area (Å²) in [6, 6.07) is 4.88. The summed E-state index contributed by atoms with van der Waals surface area (Å²) in [5, 5.41) is 0. The standard InChI is InChI=1S/C15H24FNO/c1-2-3-4-5-6-7-11-18-15-13(12-17)9-8-10-14(15)16/h8-10H,2-7,11-12,17H2,1H3. The molecule has 18 heavy (non-hydrogen) atoms. The number of halogens is 1. The largest absolute Gasteiger partial charge is 0.490 e. The maximum atomic E-state index is 13.5. The van der Waals surface area contributed by atoms with Gasteiger partial charge in [-0.3, -0.25) is 0 Å². The minimum absolute atomic E-state index is 0.309. The summed E-state index contributed by atoms with van der Waals surface area (Å²) >= 11 is 0. The smallest absolute Gasteiger partial charge is 0.165 e. The van der Waals surface area contributed by atoms with E-state index < -0.39 is 0 Å². The normalized spacial score (nSPS) is 10.6. The molecule has 0 saturated carbocycles. The molecule has 0 unspecified atom stereocenters. The SMILES string of the molecule is CCCCCCCCOc1c(F)cccc1CN. The number of hydrogen-bond donors (Lipinski definition) is 1. The first-order valence-electron chi connectivity index (χ1n) is 6.89. The van der Waals surface area contributed by atoms with Gasteiger partial charge in [-0.25, -0.2) is 4.39 Å². The minimum Gasteiger partial charge on any atom is -0.490 e. The molecule has 0 heterocycles. The van der Waals surface area contributed by atoms with E-state index in [2.05, 4.69) is 6.92 Å². The number of rotatable bonds is 9. The third-order valence-electron chi connectivity index (χ3n) is 3.01. The lowest BCUT2D eigenvalue weighted by molar-refractivity contribution is 0.287. The van der Waals surface area contributed by atoms with Crippen molar-refractivity contribution in [1.29, 1.82) is 0 Å². The summed E-state index contributed by atoms with van der Waals surface area (Å²) in [4.78, 5) is 0. The molecule has 2 nitrogen and oxygen atoms in total. The second-order valence-electron chi connectivity index (χ2n) is 4.55. The van der Waals surface area contributed by atoms with E-state index in [1.807, 2.05) is 0 Å². The van der Waals surface area contributed by atoms with E-state index in [9.17, 15) is 4.39 Å². The van der Waals surface area contributed by atoms with Crippen molar-refractivity contribution >= 4 is 0 Å². The summed E-state index contributed by atoms with van der Waals surface area (Å²) in [7, 11) is 0. The van der Waals surface area contributed by atoms with E-state index >= 15 is 0 Å². The maximum Gasteiger partial charge on any atom is 0.165 e. The van der Waals surface area contributed by atoms with Crippen LogP contribution in [0.1, 0.15) is 51.0 Å². The molecule has 0 atom stereocenters. The number of unbranched alkanes of at least 4 members (excludes halogenated alkanes) is 5. The van der Waals surface area contributed by atoms with E-state index in [0.29, 0.717) is 18.9 Å². The fourth-order valence-electron chi connectivity index (χ4n) is 1.93. The fourth-order valence-corrected chi connectivity index (χ4v) is 1.93. The number of hydrogen-bond acceptors (Lipinski definition) is 2. The zero-order valence-electron chi connectivity index (χ0n) is 11.3. The van der Waals surface area contributed by atoms with Gasteiger partial charge >= 0.3 is 0 Å². The van der Waals surface area contributed by atoms with E-state index in [4.69, 9.17) is 10.5 Å². The Morgan fingerprint density at radius 3 is 2.56 bits per heavy atom. The quantitative estimate of drug-likeness (QED) is 0.674. The van der Waals surface area contributed by atoms with Crippen LogP contribution in [0.4, 0.5) is 4.39 Å². The second-order valence-corrected chi connectivity index (χ2v) is 4.55. The highest BCUT2D eigenvalue weighted by molar-refractivity contribution is 5.34. The molecule has 2 N–H and O–H groups in total. The predicted molar refractivity (Wildman–Crippen MR) is 73.2 cm³/mol. The molecule has 0 radical (unpaired) electrons. The topological polar surface area (TPSA) is 35.2 Å². The van der Waals surface area contributed by atoms with Gasteiger partial charge in [0.2, 0.25) is 0 Å². The average Bonchev–Trinajstić information content (AvgIpc) is 2.39. The van der Waals surface area contributed by atoms with Gasteiger partial charge in [0.15, 0.2) is 11.6 Å². The zero-order valence-corrected chi connectivity index (χ0v) is 11.3. The molecular formula is C15H24FNO. The number of para-hydroxylation sites is 1. The van der Waals surface area contributed by atoms with Crippen molar-refractivity contribution in [3.8, 4) is 5.75 Å². The van der Waals surface area contributed by atoms with Gasteiger partial charge in [-0.1, -0.05) is 51.2 Å². The minimum atomic E-state index is -0.316. The zero-order chi connectivity index (χ0) is 13.2. The van der Waals surface area contributed by atoms with Crippen LogP contribution in [0.15, 0.2) is 18.2 Å². The Morgan fingerprint density at radius 2 is 1.83 bits per heavy atom. The van der Waals surface area contributed by atoms with Crippen molar-refractivity contribution in [2.45, 2.75) is 52.0 Å². The molecule has 0 saturated heterocycles. The van der Waals surface area contributed by atoms with Gasteiger partial charge in [-0.15, -0.1) is 0 Å². The number of benzene rings is 1. The van der Waals surface area contributed by atoms with Crippen LogP contribution in [0.5, 0.6) is 5.75 Å². The Hall–Kier alpha value is -1.09. The molecule has 0 aliphatic heterocycles. The summed E-state index contributed by atoms with van der Waals surface area (Å²) in [5.74, 6) is 0.0116. The lowest BCUT2D eigenvalue weighted by Gasteiger charge is -2.11. The van der Waals surface area contributed by atoms with Crippen LogP contribution in [0.25, 0.3) is 0 Å². The average molecular weight is 253 g/mol. The maximum absolute atomic E-state index is 13.5. The van der Waals surface area contributed by atoms with Crippen LogP contribution >= 0.6 is 0 Å². The van der Waals surface area contributed by atoms with E-state index in [1.165, 1.54) is 31.7 Å². The molecule has 1 rings (SSSR count). The van der Waals surface area contributed by atoms with Crippen LogP contribution in [-0.4, -0.2) is 6.61 Å². The van der Waals surface area contributed by atoms with Crippen molar-refractivity contribution in [3.05, 3.63) is 29.6 Å². The van der Waals surface area contributed by atoms with Crippen LogP contribution in [0, 0.1) is 5.82 Å². The highest BCUT2D eigenvalue weighted by Gasteiger charge is 2.07. The molecule has 0 aliphatic rings.